The van der Waals surface area contributed by atoms with Crippen molar-refractivity contribution in [3.63, 3.8) is 0 Å². The summed E-state index contributed by atoms with van der Waals surface area (Å²) in [6.07, 6.45) is -3.27. The highest BCUT2D eigenvalue weighted by molar-refractivity contribution is 5.77. The van der Waals surface area contributed by atoms with Crippen LogP contribution in [0.5, 0.6) is 0 Å². The van der Waals surface area contributed by atoms with E-state index in [1.54, 1.807) is 0 Å². The fraction of sp³-hybridized carbons (Fsp3) is 0.500. The second-order valence-electron chi connectivity index (χ2n) is 4.87. The third-order valence-electron chi connectivity index (χ3n) is 3.33. The minimum atomic E-state index is -4.32. The van der Waals surface area contributed by atoms with Gasteiger partial charge in [-0.25, -0.2) is 0 Å². The van der Waals surface area contributed by atoms with Crippen LogP contribution in [0.3, 0.4) is 0 Å². The van der Waals surface area contributed by atoms with Gasteiger partial charge in [-0.2, -0.15) is 13.2 Å². The van der Waals surface area contributed by atoms with Gasteiger partial charge in [-0.3, -0.25) is 4.79 Å². The molecule has 0 saturated heterocycles. The Morgan fingerprint density at radius 3 is 1.89 bits per heavy atom. The van der Waals surface area contributed by atoms with Crippen molar-refractivity contribution < 1.29 is 18.0 Å². The largest absolute Gasteiger partial charge is 0.416 e. The van der Waals surface area contributed by atoms with Crippen LogP contribution >= 0.6 is 0 Å². The van der Waals surface area contributed by atoms with Gasteiger partial charge in [-0.1, -0.05) is 26.0 Å². The Hall–Kier alpha value is -1.32. The van der Waals surface area contributed by atoms with Gasteiger partial charge >= 0.3 is 6.18 Å². The molecule has 0 aromatic heterocycles. The zero-order chi connectivity index (χ0) is 14.0. The van der Waals surface area contributed by atoms with E-state index in [1.807, 2.05) is 13.8 Å². The molecule has 0 spiro atoms. The zero-order valence-electron chi connectivity index (χ0n) is 10.8. The fourth-order valence-corrected chi connectivity index (χ4v) is 2.04. The summed E-state index contributed by atoms with van der Waals surface area (Å²) in [5.41, 5.74) is -0.281. The highest BCUT2D eigenvalue weighted by Gasteiger charge is 2.32. The van der Waals surface area contributed by atoms with Crippen molar-refractivity contribution >= 4 is 5.78 Å². The molecule has 0 fully saturated rings. The van der Waals surface area contributed by atoms with E-state index >= 15 is 0 Å². The maximum absolute atomic E-state index is 12.5. The van der Waals surface area contributed by atoms with Gasteiger partial charge in [0.25, 0.3) is 0 Å². The van der Waals surface area contributed by atoms with Gasteiger partial charge in [-0.05, 0) is 36.5 Å². The molecule has 0 heterocycles. The fourth-order valence-electron chi connectivity index (χ4n) is 2.04. The number of alkyl halides is 3. The minimum absolute atomic E-state index is 0.0410. The standard InChI is InChI=1S/C14H17F3O/c1-4-13(3,9-10(2)18)11-5-7-12(8-6-11)14(15,16)17/h5-8H,4,9H2,1-3H3/t13-/m1/s1. The Balaban J connectivity index is 3.06. The number of benzene rings is 1. The van der Waals surface area contributed by atoms with Crippen LogP contribution < -0.4 is 0 Å². The van der Waals surface area contributed by atoms with Gasteiger partial charge in [0.1, 0.15) is 5.78 Å². The van der Waals surface area contributed by atoms with E-state index in [9.17, 15) is 18.0 Å². The van der Waals surface area contributed by atoms with Crippen molar-refractivity contribution in [2.24, 2.45) is 0 Å². The van der Waals surface area contributed by atoms with Crippen molar-refractivity contribution in [2.75, 3.05) is 0 Å². The normalized spacial score (nSPS) is 15.2. The van der Waals surface area contributed by atoms with E-state index in [0.29, 0.717) is 12.8 Å². The maximum atomic E-state index is 12.5. The first-order valence-corrected chi connectivity index (χ1v) is 5.86. The highest BCUT2D eigenvalue weighted by Crippen LogP contribution is 2.34. The SMILES string of the molecule is CC[C@](C)(CC(C)=O)c1ccc(C(F)(F)F)cc1. The van der Waals surface area contributed by atoms with Gasteiger partial charge in [0.05, 0.1) is 5.56 Å². The lowest BCUT2D eigenvalue weighted by Gasteiger charge is -2.28. The van der Waals surface area contributed by atoms with E-state index in [-0.39, 0.29) is 5.78 Å². The van der Waals surface area contributed by atoms with E-state index in [1.165, 1.54) is 19.1 Å². The summed E-state index contributed by atoms with van der Waals surface area (Å²) in [6, 6.07) is 5.08. The number of ketones is 1. The summed E-state index contributed by atoms with van der Waals surface area (Å²) < 4.78 is 37.4. The smallest absolute Gasteiger partial charge is 0.300 e. The Morgan fingerprint density at radius 1 is 1.11 bits per heavy atom. The number of hydrogen-bond acceptors (Lipinski definition) is 1. The second kappa shape index (κ2) is 5.12. The lowest BCUT2D eigenvalue weighted by atomic mass is 9.76. The van der Waals surface area contributed by atoms with Crippen molar-refractivity contribution in [3.05, 3.63) is 35.4 Å². The van der Waals surface area contributed by atoms with E-state index in [4.69, 9.17) is 0 Å². The summed E-state index contributed by atoms with van der Waals surface area (Å²) in [6.45, 7) is 5.33. The first-order valence-electron chi connectivity index (χ1n) is 5.86. The number of hydrogen-bond donors (Lipinski definition) is 0. The molecule has 0 saturated carbocycles. The molecule has 1 atom stereocenters. The Bertz CT molecular complexity index is 420. The van der Waals surface area contributed by atoms with Crippen LogP contribution in [-0.2, 0) is 16.4 Å². The highest BCUT2D eigenvalue weighted by atomic mass is 19.4. The molecule has 0 aliphatic carbocycles. The quantitative estimate of drug-likeness (QED) is 0.784. The predicted octanol–water partition coefficient (Wildman–Crippen LogP) is 4.35. The molecule has 0 N–H and O–H groups in total. The Morgan fingerprint density at radius 2 is 1.56 bits per heavy atom. The summed E-state index contributed by atoms with van der Waals surface area (Å²) in [7, 11) is 0. The Labute approximate surface area is 105 Å². The number of Topliss-reactive ketones (excluding diaryl/α,β-unsaturated/α-hetero) is 1. The molecule has 0 bridgehead atoms. The molecule has 100 valence electrons. The van der Waals surface area contributed by atoms with E-state index < -0.39 is 17.2 Å². The van der Waals surface area contributed by atoms with Gasteiger partial charge in [-0.15, -0.1) is 0 Å². The minimum Gasteiger partial charge on any atom is -0.300 e. The van der Waals surface area contributed by atoms with Crippen molar-refractivity contribution in [1.82, 2.24) is 0 Å². The molecule has 0 amide bonds. The molecule has 1 aromatic rings. The molecule has 1 aromatic carbocycles. The van der Waals surface area contributed by atoms with Crippen molar-refractivity contribution in [2.45, 2.75) is 45.2 Å². The van der Waals surface area contributed by atoms with Crippen LogP contribution in [-0.4, -0.2) is 5.78 Å². The summed E-state index contributed by atoms with van der Waals surface area (Å²) >= 11 is 0. The third kappa shape index (κ3) is 3.34. The Kier molecular flexibility index (Phi) is 4.20. The first kappa shape index (κ1) is 14.7. The number of carbonyl (C=O) groups is 1. The zero-order valence-corrected chi connectivity index (χ0v) is 10.8. The molecule has 1 nitrogen and oxygen atoms in total. The van der Waals surface area contributed by atoms with Crippen LogP contribution in [0.2, 0.25) is 0 Å². The molecular weight excluding hydrogens is 241 g/mol. The van der Waals surface area contributed by atoms with E-state index in [2.05, 4.69) is 0 Å². The summed E-state index contributed by atoms with van der Waals surface area (Å²) in [5.74, 6) is 0.0410. The van der Waals surface area contributed by atoms with Gasteiger partial charge < -0.3 is 0 Å². The molecular formula is C14H17F3O. The molecule has 0 radical (unpaired) electrons. The van der Waals surface area contributed by atoms with Crippen LogP contribution in [0, 0.1) is 0 Å². The second-order valence-corrected chi connectivity index (χ2v) is 4.87. The molecule has 4 heteroatoms. The summed E-state index contributed by atoms with van der Waals surface area (Å²) in [5, 5.41) is 0. The molecule has 0 aliphatic rings. The summed E-state index contributed by atoms with van der Waals surface area (Å²) in [4.78, 5) is 11.2. The van der Waals surface area contributed by atoms with Crippen LogP contribution in [0.25, 0.3) is 0 Å². The van der Waals surface area contributed by atoms with Gasteiger partial charge in [0.2, 0.25) is 0 Å². The molecule has 1 rings (SSSR count). The average molecular weight is 258 g/mol. The number of carbonyl (C=O) groups excluding carboxylic acids is 1. The lowest BCUT2D eigenvalue weighted by Crippen LogP contribution is -2.24. The van der Waals surface area contributed by atoms with Crippen molar-refractivity contribution in [3.8, 4) is 0 Å². The number of rotatable bonds is 4. The van der Waals surface area contributed by atoms with Crippen LogP contribution in [0.4, 0.5) is 13.2 Å². The van der Waals surface area contributed by atoms with Crippen LogP contribution in [0.1, 0.15) is 44.7 Å². The molecule has 0 unspecified atom stereocenters. The third-order valence-corrected chi connectivity index (χ3v) is 3.33. The van der Waals surface area contributed by atoms with Gasteiger partial charge in [0.15, 0.2) is 0 Å². The molecule has 18 heavy (non-hydrogen) atoms. The van der Waals surface area contributed by atoms with Crippen molar-refractivity contribution in [1.29, 1.82) is 0 Å². The number of halogens is 3. The monoisotopic (exact) mass is 258 g/mol. The first-order chi connectivity index (χ1) is 8.19. The maximum Gasteiger partial charge on any atom is 0.416 e. The predicted molar refractivity (Wildman–Crippen MR) is 64.4 cm³/mol. The van der Waals surface area contributed by atoms with E-state index in [0.717, 1.165) is 17.7 Å². The topological polar surface area (TPSA) is 17.1 Å². The van der Waals surface area contributed by atoms with Gasteiger partial charge in [0, 0.05) is 6.42 Å². The molecule has 0 aliphatic heterocycles. The lowest BCUT2D eigenvalue weighted by molar-refractivity contribution is -0.137. The van der Waals surface area contributed by atoms with Crippen LogP contribution in [0.15, 0.2) is 24.3 Å². The average Bonchev–Trinajstić information content (AvgIpc) is 2.27.